The van der Waals surface area contributed by atoms with Crippen LogP contribution in [0.25, 0.3) is 0 Å². The van der Waals surface area contributed by atoms with Crippen molar-refractivity contribution in [1.29, 1.82) is 0 Å². The molecule has 0 radical (unpaired) electrons. The summed E-state index contributed by atoms with van der Waals surface area (Å²) in [7, 11) is -3.57. The van der Waals surface area contributed by atoms with Crippen molar-refractivity contribution in [3.05, 3.63) is 54.4 Å². The highest BCUT2D eigenvalue weighted by molar-refractivity contribution is 7.92. The van der Waals surface area contributed by atoms with Gasteiger partial charge >= 0.3 is 0 Å². The predicted octanol–water partition coefficient (Wildman–Crippen LogP) is 1.72. The molecule has 0 spiro atoms. The number of fused-ring (bicyclic) bond motifs is 1. The molecule has 6 heteroatoms. The number of rotatable bonds is 4. The van der Waals surface area contributed by atoms with Crippen molar-refractivity contribution in [2.75, 3.05) is 17.4 Å². The topological polar surface area (TPSA) is 76.3 Å². The fraction of sp³-hybridized carbons (Fsp3) is 0.267. The summed E-state index contributed by atoms with van der Waals surface area (Å²) >= 11 is 0. The number of aromatic nitrogens is 1. The molecule has 1 aromatic carbocycles. The van der Waals surface area contributed by atoms with E-state index in [0.717, 1.165) is 17.7 Å². The molecule has 1 unspecified atom stereocenters. The molecular weight excluding hydrogens is 286 g/mol. The third-order valence-corrected chi connectivity index (χ3v) is 5.53. The van der Waals surface area contributed by atoms with E-state index < -0.39 is 10.0 Å². The average Bonchev–Trinajstić information content (AvgIpc) is 2.88. The van der Waals surface area contributed by atoms with E-state index in [1.165, 1.54) is 10.5 Å². The number of hydrogen-bond donors (Lipinski definition) is 1. The number of sulfonamides is 1. The summed E-state index contributed by atoms with van der Waals surface area (Å²) in [5.41, 5.74) is 7.45. The molecule has 5 nitrogen and oxygen atoms in total. The molecule has 0 aliphatic carbocycles. The van der Waals surface area contributed by atoms with Crippen LogP contribution in [0.15, 0.2) is 53.7 Å². The van der Waals surface area contributed by atoms with E-state index in [1.807, 2.05) is 24.3 Å². The van der Waals surface area contributed by atoms with E-state index in [2.05, 4.69) is 4.98 Å². The maximum atomic E-state index is 12.8. The van der Waals surface area contributed by atoms with Gasteiger partial charge in [0.2, 0.25) is 0 Å². The van der Waals surface area contributed by atoms with E-state index in [9.17, 15) is 8.42 Å². The van der Waals surface area contributed by atoms with Crippen LogP contribution in [0, 0.1) is 0 Å². The van der Waals surface area contributed by atoms with Gasteiger partial charge in [-0.3, -0.25) is 9.29 Å². The summed E-state index contributed by atoms with van der Waals surface area (Å²) in [5.74, 6) is 0.151. The van der Waals surface area contributed by atoms with E-state index in [0.29, 0.717) is 13.1 Å². The minimum Gasteiger partial charge on any atom is -0.330 e. The molecule has 0 saturated heterocycles. The lowest BCUT2D eigenvalue weighted by Gasteiger charge is -2.19. The van der Waals surface area contributed by atoms with Crippen molar-refractivity contribution in [1.82, 2.24) is 4.98 Å². The standard InChI is InChI=1S/C15H17N3O2S/c16-8-7-12-11-18(15-6-2-1-5-14(12)15)21(19,20)13-4-3-9-17-10-13/h1-6,9-10,12H,7-8,11,16H2. The molecule has 0 fully saturated rings. The first kappa shape index (κ1) is 14.0. The predicted molar refractivity (Wildman–Crippen MR) is 81.6 cm³/mol. The SMILES string of the molecule is NCCC1CN(S(=O)(=O)c2cccnc2)c2ccccc21. The fourth-order valence-electron chi connectivity index (χ4n) is 2.76. The maximum Gasteiger partial charge on any atom is 0.265 e. The number of anilines is 1. The molecule has 1 atom stereocenters. The quantitative estimate of drug-likeness (QED) is 0.933. The number of nitrogens with two attached hydrogens (primary N) is 1. The molecule has 0 saturated carbocycles. The van der Waals surface area contributed by atoms with Gasteiger partial charge in [-0.15, -0.1) is 0 Å². The molecule has 1 aliphatic rings. The number of pyridine rings is 1. The lowest BCUT2D eigenvalue weighted by Crippen LogP contribution is -2.30. The largest absolute Gasteiger partial charge is 0.330 e. The van der Waals surface area contributed by atoms with Crippen LogP contribution in [-0.4, -0.2) is 26.5 Å². The molecule has 3 rings (SSSR count). The Labute approximate surface area is 124 Å². The Morgan fingerprint density at radius 1 is 1.24 bits per heavy atom. The van der Waals surface area contributed by atoms with E-state index in [-0.39, 0.29) is 10.8 Å². The van der Waals surface area contributed by atoms with Gasteiger partial charge in [0, 0.05) is 24.9 Å². The van der Waals surface area contributed by atoms with Crippen molar-refractivity contribution in [2.45, 2.75) is 17.2 Å². The molecule has 21 heavy (non-hydrogen) atoms. The highest BCUT2D eigenvalue weighted by Gasteiger charge is 2.35. The zero-order chi connectivity index (χ0) is 14.9. The van der Waals surface area contributed by atoms with Crippen molar-refractivity contribution < 1.29 is 8.42 Å². The van der Waals surface area contributed by atoms with Crippen molar-refractivity contribution >= 4 is 15.7 Å². The normalized spacial score (nSPS) is 17.8. The smallest absolute Gasteiger partial charge is 0.265 e. The molecule has 2 aromatic rings. The molecule has 1 aliphatic heterocycles. The first-order valence-electron chi connectivity index (χ1n) is 6.86. The summed E-state index contributed by atoms with van der Waals surface area (Å²) in [6, 6.07) is 10.8. The second-order valence-electron chi connectivity index (χ2n) is 5.06. The van der Waals surface area contributed by atoms with Crippen LogP contribution in [0.4, 0.5) is 5.69 Å². The first-order valence-corrected chi connectivity index (χ1v) is 8.30. The van der Waals surface area contributed by atoms with Crippen molar-refractivity contribution in [3.8, 4) is 0 Å². The summed E-state index contributed by atoms with van der Waals surface area (Å²) in [5, 5.41) is 0. The Morgan fingerprint density at radius 3 is 2.76 bits per heavy atom. The monoisotopic (exact) mass is 303 g/mol. The van der Waals surface area contributed by atoms with Gasteiger partial charge in [0.15, 0.2) is 0 Å². The van der Waals surface area contributed by atoms with E-state index in [1.54, 1.807) is 18.3 Å². The zero-order valence-electron chi connectivity index (χ0n) is 11.5. The number of para-hydroxylation sites is 1. The van der Waals surface area contributed by atoms with E-state index in [4.69, 9.17) is 5.73 Å². The zero-order valence-corrected chi connectivity index (χ0v) is 12.3. The number of hydrogen-bond acceptors (Lipinski definition) is 4. The number of nitrogens with zero attached hydrogens (tertiary/aromatic N) is 2. The van der Waals surface area contributed by atoms with Gasteiger partial charge in [0.25, 0.3) is 10.0 Å². The summed E-state index contributed by atoms with van der Waals surface area (Å²) in [6.07, 6.45) is 3.72. The number of benzene rings is 1. The van der Waals surface area contributed by atoms with Crippen molar-refractivity contribution in [2.24, 2.45) is 5.73 Å². The lowest BCUT2D eigenvalue weighted by molar-refractivity contribution is 0.586. The Kier molecular flexibility index (Phi) is 3.65. The Balaban J connectivity index is 2.05. The Morgan fingerprint density at radius 2 is 2.05 bits per heavy atom. The summed E-state index contributed by atoms with van der Waals surface area (Å²) < 4.78 is 27.1. The molecule has 2 heterocycles. The van der Waals surface area contributed by atoms with Gasteiger partial charge in [-0.25, -0.2) is 8.42 Å². The average molecular weight is 303 g/mol. The maximum absolute atomic E-state index is 12.8. The van der Waals surface area contributed by atoms with Gasteiger partial charge < -0.3 is 5.73 Å². The van der Waals surface area contributed by atoms with Gasteiger partial charge in [-0.05, 0) is 36.7 Å². The van der Waals surface area contributed by atoms with Crippen LogP contribution >= 0.6 is 0 Å². The fourth-order valence-corrected chi connectivity index (χ4v) is 4.26. The summed E-state index contributed by atoms with van der Waals surface area (Å²) in [6.45, 7) is 0.980. The molecule has 2 N–H and O–H groups in total. The van der Waals surface area contributed by atoms with Gasteiger partial charge in [-0.1, -0.05) is 18.2 Å². The second kappa shape index (κ2) is 5.46. The highest BCUT2D eigenvalue weighted by Crippen LogP contribution is 2.40. The van der Waals surface area contributed by atoms with Crippen molar-refractivity contribution in [3.63, 3.8) is 0 Å². The highest BCUT2D eigenvalue weighted by atomic mass is 32.2. The van der Waals surface area contributed by atoms with Crippen LogP contribution in [0.3, 0.4) is 0 Å². The van der Waals surface area contributed by atoms with Gasteiger partial charge in [-0.2, -0.15) is 0 Å². The molecular formula is C15H17N3O2S. The third-order valence-electron chi connectivity index (χ3n) is 3.77. The summed E-state index contributed by atoms with van der Waals surface area (Å²) in [4.78, 5) is 4.12. The van der Waals surface area contributed by atoms with Crippen LogP contribution in [0.5, 0.6) is 0 Å². The third kappa shape index (κ3) is 2.41. The van der Waals surface area contributed by atoms with Gasteiger partial charge in [0.1, 0.15) is 4.90 Å². The van der Waals surface area contributed by atoms with Crippen LogP contribution in [0.2, 0.25) is 0 Å². The lowest BCUT2D eigenvalue weighted by atomic mass is 9.98. The molecule has 0 bridgehead atoms. The Hall–Kier alpha value is -1.92. The molecule has 110 valence electrons. The minimum absolute atomic E-state index is 0.151. The van der Waals surface area contributed by atoms with Crippen LogP contribution < -0.4 is 10.0 Å². The van der Waals surface area contributed by atoms with Crippen LogP contribution in [-0.2, 0) is 10.0 Å². The van der Waals surface area contributed by atoms with E-state index >= 15 is 0 Å². The first-order chi connectivity index (χ1) is 10.1. The van der Waals surface area contributed by atoms with Crippen LogP contribution in [0.1, 0.15) is 17.9 Å². The Bertz CT molecular complexity index is 732. The van der Waals surface area contributed by atoms with Gasteiger partial charge in [0.05, 0.1) is 5.69 Å². The minimum atomic E-state index is -3.57. The molecule has 1 aromatic heterocycles. The molecule has 0 amide bonds. The second-order valence-corrected chi connectivity index (χ2v) is 6.92.